The first-order chi connectivity index (χ1) is 13.5. The van der Waals surface area contributed by atoms with Crippen molar-refractivity contribution < 1.29 is 14.3 Å². The molecule has 0 saturated heterocycles. The summed E-state index contributed by atoms with van der Waals surface area (Å²) in [6.07, 6.45) is 0.672. The molecule has 1 heterocycles. The van der Waals surface area contributed by atoms with Gasteiger partial charge < -0.3 is 19.4 Å². The van der Waals surface area contributed by atoms with Crippen LogP contribution in [0.5, 0.6) is 11.5 Å². The zero-order valence-electron chi connectivity index (χ0n) is 16.7. The molecule has 1 atom stereocenters. The number of hydrogen-bond donors (Lipinski definition) is 1. The van der Waals surface area contributed by atoms with E-state index in [1.807, 2.05) is 79.2 Å². The van der Waals surface area contributed by atoms with Gasteiger partial charge in [-0.1, -0.05) is 24.3 Å². The lowest BCUT2D eigenvalue weighted by atomic mass is 9.98. The van der Waals surface area contributed by atoms with Crippen molar-refractivity contribution in [1.29, 1.82) is 0 Å². The molecule has 1 N–H and O–H groups in total. The van der Waals surface area contributed by atoms with Crippen LogP contribution in [0.2, 0.25) is 0 Å². The van der Waals surface area contributed by atoms with Crippen molar-refractivity contribution in [2.24, 2.45) is 7.05 Å². The normalized spacial score (nSPS) is 11.7. The van der Waals surface area contributed by atoms with E-state index in [1.54, 1.807) is 14.2 Å². The number of ether oxygens (including phenoxy) is 2. The lowest BCUT2D eigenvalue weighted by Crippen LogP contribution is -2.31. The molecule has 0 fully saturated rings. The molecule has 0 aliphatic rings. The van der Waals surface area contributed by atoms with Gasteiger partial charge in [0.15, 0.2) is 0 Å². The molecule has 5 nitrogen and oxygen atoms in total. The van der Waals surface area contributed by atoms with E-state index in [2.05, 4.69) is 5.32 Å². The molecule has 0 saturated carbocycles. The molecule has 1 amide bonds. The van der Waals surface area contributed by atoms with Gasteiger partial charge in [-0.25, -0.2) is 0 Å². The third kappa shape index (κ3) is 4.36. The molecule has 3 rings (SSSR count). The van der Waals surface area contributed by atoms with Crippen molar-refractivity contribution >= 4 is 5.91 Å². The molecule has 146 valence electrons. The molecule has 0 spiro atoms. The van der Waals surface area contributed by atoms with E-state index in [-0.39, 0.29) is 11.9 Å². The summed E-state index contributed by atoms with van der Waals surface area (Å²) in [4.78, 5) is 12.9. The molecule has 0 radical (unpaired) electrons. The number of carbonyl (C=O) groups excluding carboxylic acids is 1. The van der Waals surface area contributed by atoms with Crippen LogP contribution in [-0.4, -0.2) is 24.7 Å². The van der Waals surface area contributed by atoms with Crippen molar-refractivity contribution in [2.75, 3.05) is 14.2 Å². The van der Waals surface area contributed by atoms with Crippen LogP contribution in [0.3, 0.4) is 0 Å². The number of aromatic nitrogens is 1. The SMILES string of the molecule is COc1ccc(CC(NC(=O)c2ccc(C)n2C)c2ccc(OC)cc2)cc1. The van der Waals surface area contributed by atoms with Crippen molar-refractivity contribution in [1.82, 2.24) is 9.88 Å². The summed E-state index contributed by atoms with van der Waals surface area (Å²) in [5.41, 5.74) is 3.83. The minimum absolute atomic E-state index is 0.0927. The number of methoxy groups -OCH3 is 2. The maximum atomic E-state index is 12.9. The van der Waals surface area contributed by atoms with Gasteiger partial charge in [-0.3, -0.25) is 4.79 Å². The van der Waals surface area contributed by atoms with Crippen LogP contribution in [0, 0.1) is 6.92 Å². The van der Waals surface area contributed by atoms with Gasteiger partial charge in [0, 0.05) is 12.7 Å². The lowest BCUT2D eigenvalue weighted by Gasteiger charge is -2.20. The number of nitrogens with one attached hydrogen (secondary N) is 1. The summed E-state index contributed by atoms with van der Waals surface area (Å²) in [5, 5.41) is 3.19. The Kier molecular flexibility index (Phi) is 6.04. The largest absolute Gasteiger partial charge is 0.497 e. The first-order valence-electron chi connectivity index (χ1n) is 9.22. The second-order valence-corrected chi connectivity index (χ2v) is 6.77. The number of amides is 1. The summed E-state index contributed by atoms with van der Waals surface area (Å²) in [7, 11) is 5.19. The standard InChI is InChI=1S/C23H26N2O3/c1-16-5-14-22(25(16)2)23(26)24-21(18-8-12-20(28-4)13-9-18)15-17-6-10-19(27-3)11-7-17/h5-14,21H,15H2,1-4H3,(H,24,26). The fourth-order valence-electron chi connectivity index (χ4n) is 3.16. The van der Waals surface area contributed by atoms with Crippen molar-refractivity contribution in [2.45, 2.75) is 19.4 Å². The second-order valence-electron chi connectivity index (χ2n) is 6.77. The average molecular weight is 378 g/mol. The zero-order chi connectivity index (χ0) is 20.1. The van der Waals surface area contributed by atoms with Crippen LogP contribution in [0.4, 0.5) is 0 Å². The van der Waals surface area contributed by atoms with Gasteiger partial charge >= 0.3 is 0 Å². The summed E-state index contributed by atoms with van der Waals surface area (Å²) in [5.74, 6) is 1.51. The molecular formula is C23H26N2O3. The number of nitrogens with zero attached hydrogens (tertiary/aromatic N) is 1. The molecule has 3 aromatic rings. The van der Waals surface area contributed by atoms with Gasteiger partial charge in [-0.15, -0.1) is 0 Å². The minimum Gasteiger partial charge on any atom is -0.497 e. The smallest absolute Gasteiger partial charge is 0.268 e. The average Bonchev–Trinajstić information content (AvgIpc) is 3.06. The fraction of sp³-hybridized carbons (Fsp3) is 0.261. The Morgan fingerprint density at radius 3 is 2.00 bits per heavy atom. The highest BCUT2D eigenvalue weighted by Crippen LogP contribution is 2.23. The second kappa shape index (κ2) is 8.65. The van der Waals surface area contributed by atoms with Crippen LogP contribution in [0.15, 0.2) is 60.7 Å². The van der Waals surface area contributed by atoms with E-state index in [1.165, 1.54) is 0 Å². The molecule has 0 bridgehead atoms. The van der Waals surface area contributed by atoms with Crippen molar-refractivity contribution in [3.05, 3.63) is 83.2 Å². The predicted molar refractivity (Wildman–Crippen MR) is 110 cm³/mol. The summed E-state index contributed by atoms with van der Waals surface area (Å²) in [6.45, 7) is 1.98. The molecule has 28 heavy (non-hydrogen) atoms. The highest BCUT2D eigenvalue weighted by Gasteiger charge is 2.19. The van der Waals surface area contributed by atoms with Gasteiger partial charge in [-0.2, -0.15) is 0 Å². The molecular weight excluding hydrogens is 352 g/mol. The Morgan fingerprint density at radius 1 is 0.929 bits per heavy atom. The van der Waals surface area contributed by atoms with Crippen LogP contribution < -0.4 is 14.8 Å². The monoisotopic (exact) mass is 378 g/mol. The Hall–Kier alpha value is -3.21. The first-order valence-corrected chi connectivity index (χ1v) is 9.22. The van der Waals surface area contributed by atoms with Crippen molar-refractivity contribution in [3.8, 4) is 11.5 Å². The number of rotatable bonds is 7. The topological polar surface area (TPSA) is 52.5 Å². The number of benzene rings is 2. The van der Waals surface area contributed by atoms with Crippen molar-refractivity contribution in [3.63, 3.8) is 0 Å². The van der Waals surface area contributed by atoms with E-state index >= 15 is 0 Å². The number of hydrogen-bond acceptors (Lipinski definition) is 3. The summed E-state index contributed by atoms with van der Waals surface area (Å²) in [6, 6.07) is 19.3. The molecule has 2 aromatic carbocycles. The number of carbonyl (C=O) groups is 1. The molecule has 1 unspecified atom stereocenters. The molecule has 5 heteroatoms. The number of aryl methyl sites for hydroxylation is 1. The van der Waals surface area contributed by atoms with Crippen LogP contribution in [0.25, 0.3) is 0 Å². The van der Waals surface area contributed by atoms with Gasteiger partial charge in [0.1, 0.15) is 17.2 Å². The summed E-state index contributed by atoms with van der Waals surface area (Å²) < 4.78 is 12.4. The molecule has 0 aliphatic heterocycles. The minimum atomic E-state index is -0.165. The maximum absolute atomic E-state index is 12.9. The zero-order valence-corrected chi connectivity index (χ0v) is 16.7. The van der Waals surface area contributed by atoms with Crippen LogP contribution in [0.1, 0.15) is 33.4 Å². The quantitative estimate of drug-likeness (QED) is 0.674. The van der Waals surface area contributed by atoms with Gasteiger partial charge in [0.25, 0.3) is 5.91 Å². The Morgan fingerprint density at radius 2 is 1.50 bits per heavy atom. The molecule has 1 aromatic heterocycles. The Labute approximate surface area is 165 Å². The van der Waals surface area contributed by atoms with E-state index in [0.29, 0.717) is 12.1 Å². The third-order valence-electron chi connectivity index (χ3n) is 5.03. The predicted octanol–water partition coefficient (Wildman–Crippen LogP) is 4.06. The Balaban J connectivity index is 1.86. The van der Waals surface area contributed by atoms with E-state index < -0.39 is 0 Å². The first kappa shape index (κ1) is 19.5. The van der Waals surface area contributed by atoms with E-state index in [4.69, 9.17) is 9.47 Å². The highest BCUT2D eigenvalue weighted by atomic mass is 16.5. The van der Waals surface area contributed by atoms with Gasteiger partial charge in [0.2, 0.25) is 0 Å². The highest BCUT2D eigenvalue weighted by molar-refractivity contribution is 5.93. The van der Waals surface area contributed by atoms with Gasteiger partial charge in [-0.05, 0) is 60.9 Å². The van der Waals surface area contributed by atoms with E-state index in [0.717, 1.165) is 28.3 Å². The maximum Gasteiger partial charge on any atom is 0.268 e. The fourth-order valence-corrected chi connectivity index (χ4v) is 3.16. The summed E-state index contributed by atoms with van der Waals surface area (Å²) >= 11 is 0. The van der Waals surface area contributed by atoms with Crippen LogP contribution in [-0.2, 0) is 13.5 Å². The third-order valence-corrected chi connectivity index (χ3v) is 5.03. The van der Waals surface area contributed by atoms with Crippen LogP contribution >= 0.6 is 0 Å². The lowest BCUT2D eigenvalue weighted by molar-refractivity contribution is 0.0928. The van der Waals surface area contributed by atoms with E-state index in [9.17, 15) is 4.79 Å². The Bertz CT molecular complexity index is 927. The van der Waals surface area contributed by atoms with Gasteiger partial charge in [0.05, 0.1) is 20.3 Å². The molecule has 0 aliphatic carbocycles.